The zero-order valence-electron chi connectivity index (χ0n) is 15.7. The van der Waals surface area contributed by atoms with Crippen LogP contribution in [0.2, 0.25) is 0 Å². The van der Waals surface area contributed by atoms with Gasteiger partial charge in [0.25, 0.3) is 0 Å². The Morgan fingerprint density at radius 3 is 2.93 bits per heavy atom. The van der Waals surface area contributed by atoms with Gasteiger partial charge >= 0.3 is 0 Å². The van der Waals surface area contributed by atoms with Crippen LogP contribution in [0, 0.1) is 13.8 Å². The summed E-state index contributed by atoms with van der Waals surface area (Å²) in [5.41, 5.74) is 4.10. The van der Waals surface area contributed by atoms with E-state index in [0.29, 0.717) is 18.8 Å². The van der Waals surface area contributed by atoms with Gasteiger partial charge in [0.15, 0.2) is 0 Å². The molecule has 1 saturated heterocycles. The Labute approximate surface area is 158 Å². The molecule has 27 heavy (non-hydrogen) atoms. The fourth-order valence-electron chi connectivity index (χ4n) is 3.67. The van der Waals surface area contributed by atoms with Crippen molar-refractivity contribution in [2.75, 3.05) is 13.1 Å². The molecular weight excluding hydrogens is 340 g/mol. The molecule has 0 aliphatic carbocycles. The number of benzene rings is 1. The standard InChI is InChI=1S/C21H24N4O2/c1-14-18(15(2)24-23-14)8-10-21(26)25-12-11-17(13-25)27-20-9-7-16-5-3-4-6-19(16)22-20/h3-7,9,17H,8,10-13H2,1-2H3,(H,23,24)/t17-/m0/s1. The van der Waals surface area contributed by atoms with Crippen molar-refractivity contribution in [2.24, 2.45) is 0 Å². The van der Waals surface area contributed by atoms with E-state index in [1.807, 2.05) is 55.1 Å². The van der Waals surface area contributed by atoms with Gasteiger partial charge in [-0.15, -0.1) is 0 Å². The number of nitrogens with zero attached hydrogens (tertiary/aromatic N) is 3. The van der Waals surface area contributed by atoms with E-state index >= 15 is 0 Å². The number of aromatic nitrogens is 3. The average Bonchev–Trinajstić information content (AvgIpc) is 3.27. The minimum absolute atomic E-state index is 0.00000903. The number of carbonyl (C=O) groups excluding carboxylic acids is 1. The lowest BCUT2D eigenvalue weighted by atomic mass is 10.1. The number of para-hydroxylation sites is 1. The Hall–Kier alpha value is -2.89. The molecule has 1 atom stereocenters. The number of likely N-dealkylation sites (tertiary alicyclic amines) is 1. The van der Waals surface area contributed by atoms with Crippen molar-refractivity contribution in [2.45, 2.75) is 39.2 Å². The summed E-state index contributed by atoms with van der Waals surface area (Å²) in [7, 11) is 0. The molecule has 0 bridgehead atoms. The van der Waals surface area contributed by atoms with Gasteiger partial charge in [-0.2, -0.15) is 5.10 Å². The third-order valence-electron chi connectivity index (χ3n) is 5.23. The van der Waals surface area contributed by atoms with Crippen LogP contribution in [0.15, 0.2) is 36.4 Å². The second-order valence-corrected chi connectivity index (χ2v) is 7.12. The van der Waals surface area contributed by atoms with E-state index in [0.717, 1.165) is 47.2 Å². The summed E-state index contributed by atoms with van der Waals surface area (Å²) in [6.45, 7) is 5.33. The quantitative estimate of drug-likeness (QED) is 0.755. The molecule has 0 radical (unpaired) electrons. The van der Waals surface area contributed by atoms with Crippen molar-refractivity contribution in [3.63, 3.8) is 0 Å². The average molecular weight is 364 g/mol. The topological polar surface area (TPSA) is 71.1 Å². The highest BCUT2D eigenvalue weighted by molar-refractivity contribution is 5.79. The molecule has 1 aromatic carbocycles. The number of hydrogen-bond acceptors (Lipinski definition) is 4. The van der Waals surface area contributed by atoms with Crippen LogP contribution in [-0.2, 0) is 11.2 Å². The Bertz CT molecular complexity index is 946. The Balaban J connectivity index is 1.33. The maximum absolute atomic E-state index is 12.6. The minimum atomic E-state index is 0.00000903. The monoisotopic (exact) mass is 364 g/mol. The van der Waals surface area contributed by atoms with E-state index in [4.69, 9.17) is 4.74 Å². The Morgan fingerprint density at radius 2 is 2.11 bits per heavy atom. The number of amides is 1. The number of hydrogen-bond donors (Lipinski definition) is 1. The number of pyridine rings is 1. The Morgan fingerprint density at radius 1 is 1.26 bits per heavy atom. The molecular formula is C21H24N4O2. The molecule has 0 spiro atoms. The van der Waals surface area contributed by atoms with Gasteiger partial charge in [0, 0.05) is 36.5 Å². The van der Waals surface area contributed by atoms with E-state index in [2.05, 4.69) is 15.2 Å². The largest absolute Gasteiger partial charge is 0.472 e. The molecule has 2 aromatic heterocycles. The summed E-state index contributed by atoms with van der Waals surface area (Å²) in [5, 5.41) is 8.27. The molecule has 0 unspecified atom stereocenters. The smallest absolute Gasteiger partial charge is 0.223 e. The molecule has 140 valence electrons. The first-order chi connectivity index (χ1) is 13.1. The maximum Gasteiger partial charge on any atom is 0.223 e. The summed E-state index contributed by atoms with van der Waals surface area (Å²) in [6.07, 6.45) is 2.06. The van der Waals surface area contributed by atoms with Gasteiger partial charge in [0.2, 0.25) is 11.8 Å². The molecule has 1 fully saturated rings. The first-order valence-corrected chi connectivity index (χ1v) is 9.41. The number of ether oxygens (including phenoxy) is 1. The molecule has 1 aliphatic heterocycles. The molecule has 6 nitrogen and oxygen atoms in total. The van der Waals surface area contributed by atoms with E-state index in [1.54, 1.807) is 0 Å². The maximum atomic E-state index is 12.6. The van der Waals surface area contributed by atoms with E-state index in [-0.39, 0.29) is 12.0 Å². The Kier molecular flexibility index (Phi) is 4.79. The lowest BCUT2D eigenvalue weighted by Crippen LogP contribution is -2.31. The van der Waals surface area contributed by atoms with E-state index in [1.165, 1.54) is 0 Å². The molecule has 1 N–H and O–H groups in total. The highest BCUT2D eigenvalue weighted by atomic mass is 16.5. The summed E-state index contributed by atoms with van der Waals surface area (Å²) < 4.78 is 6.03. The number of nitrogens with one attached hydrogen (secondary N) is 1. The van der Waals surface area contributed by atoms with Gasteiger partial charge in [-0.25, -0.2) is 4.98 Å². The summed E-state index contributed by atoms with van der Waals surface area (Å²) >= 11 is 0. The molecule has 6 heteroatoms. The van der Waals surface area contributed by atoms with Crippen LogP contribution < -0.4 is 4.74 Å². The number of aryl methyl sites for hydroxylation is 2. The molecule has 0 saturated carbocycles. The van der Waals surface area contributed by atoms with Gasteiger partial charge in [-0.3, -0.25) is 9.89 Å². The van der Waals surface area contributed by atoms with Gasteiger partial charge in [-0.1, -0.05) is 18.2 Å². The molecule has 1 aliphatic rings. The van der Waals surface area contributed by atoms with Crippen molar-refractivity contribution in [3.8, 4) is 5.88 Å². The van der Waals surface area contributed by atoms with Crippen LogP contribution in [-0.4, -0.2) is 45.2 Å². The lowest BCUT2D eigenvalue weighted by Gasteiger charge is -2.17. The minimum Gasteiger partial charge on any atom is -0.472 e. The third kappa shape index (κ3) is 3.79. The lowest BCUT2D eigenvalue weighted by molar-refractivity contribution is -0.130. The fraction of sp³-hybridized carbons (Fsp3) is 0.381. The predicted octanol–water partition coefficient (Wildman–Crippen LogP) is 3.19. The van der Waals surface area contributed by atoms with Crippen molar-refractivity contribution in [1.82, 2.24) is 20.1 Å². The highest BCUT2D eigenvalue weighted by Crippen LogP contribution is 2.21. The summed E-state index contributed by atoms with van der Waals surface area (Å²) in [4.78, 5) is 19.0. The zero-order valence-corrected chi connectivity index (χ0v) is 15.7. The van der Waals surface area contributed by atoms with Crippen LogP contribution in [0.4, 0.5) is 0 Å². The van der Waals surface area contributed by atoms with Crippen LogP contribution in [0.25, 0.3) is 10.9 Å². The van der Waals surface area contributed by atoms with Crippen LogP contribution in [0.1, 0.15) is 29.8 Å². The normalized spacial score (nSPS) is 16.8. The second-order valence-electron chi connectivity index (χ2n) is 7.12. The number of carbonyl (C=O) groups is 1. The SMILES string of the molecule is Cc1n[nH]c(C)c1CCC(=O)N1CC[C@H](Oc2ccc3ccccc3n2)C1. The van der Waals surface area contributed by atoms with E-state index in [9.17, 15) is 4.79 Å². The zero-order chi connectivity index (χ0) is 18.8. The first-order valence-electron chi connectivity index (χ1n) is 9.41. The van der Waals surface area contributed by atoms with Crippen molar-refractivity contribution >= 4 is 16.8 Å². The molecule has 3 heterocycles. The summed E-state index contributed by atoms with van der Waals surface area (Å²) in [5.74, 6) is 0.796. The third-order valence-corrected chi connectivity index (χ3v) is 5.23. The van der Waals surface area contributed by atoms with Crippen LogP contribution >= 0.6 is 0 Å². The number of fused-ring (bicyclic) bond motifs is 1. The van der Waals surface area contributed by atoms with Crippen LogP contribution in [0.3, 0.4) is 0 Å². The second kappa shape index (κ2) is 7.39. The number of H-pyrrole nitrogens is 1. The van der Waals surface area contributed by atoms with Gasteiger partial charge in [0.1, 0.15) is 6.10 Å². The van der Waals surface area contributed by atoms with E-state index < -0.39 is 0 Å². The first kappa shape index (κ1) is 17.5. The van der Waals surface area contributed by atoms with Gasteiger partial charge < -0.3 is 9.64 Å². The highest BCUT2D eigenvalue weighted by Gasteiger charge is 2.28. The van der Waals surface area contributed by atoms with Crippen molar-refractivity contribution in [1.29, 1.82) is 0 Å². The molecule has 1 amide bonds. The van der Waals surface area contributed by atoms with Gasteiger partial charge in [-0.05, 0) is 38.0 Å². The van der Waals surface area contributed by atoms with Crippen LogP contribution in [0.5, 0.6) is 5.88 Å². The van der Waals surface area contributed by atoms with Crippen molar-refractivity contribution in [3.05, 3.63) is 53.3 Å². The molecule has 4 rings (SSSR count). The fourth-order valence-corrected chi connectivity index (χ4v) is 3.67. The summed E-state index contributed by atoms with van der Waals surface area (Å²) in [6, 6.07) is 11.9. The number of rotatable bonds is 5. The number of aromatic amines is 1. The van der Waals surface area contributed by atoms with Gasteiger partial charge in [0.05, 0.1) is 17.8 Å². The van der Waals surface area contributed by atoms with Crippen molar-refractivity contribution < 1.29 is 9.53 Å². The predicted molar refractivity (Wildman–Crippen MR) is 104 cm³/mol. The molecule has 3 aromatic rings.